The van der Waals surface area contributed by atoms with Crippen molar-refractivity contribution < 1.29 is 22.6 Å². The van der Waals surface area contributed by atoms with Crippen LogP contribution in [-0.4, -0.2) is 25.2 Å². The quantitative estimate of drug-likeness (QED) is 0.605. The summed E-state index contributed by atoms with van der Waals surface area (Å²) in [5.41, 5.74) is 0.532. The van der Waals surface area contributed by atoms with E-state index < -0.39 is 17.5 Å². The molecule has 148 valence electrons. The summed E-state index contributed by atoms with van der Waals surface area (Å²) >= 11 is 1.24. The van der Waals surface area contributed by atoms with Gasteiger partial charge in [-0.15, -0.1) is 0 Å². The summed E-state index contributed by atoms with van der Waals surface area (Å²) < 4.78 is 54.8. The Morgan fingerprint density at radius 3 is 2.36 bits per heavy atom. The van der Waals surface area contributed by atoms with Gasteiger partial charge in [-0.05, 0) is 37.2 Å². The van der Waals surface area contributed by atoms with Crippen LogP contribution in [0.1, 0.15) is 5.56 Å². The van der Waals surface area contributed by atoms with Crippen molar-refractivity contribution >= 4 is 11.9 Å². The van der Waals surface area contributed by atoms with Gasteiger partial charge in [-0.25, -0.2) is 13.2 Å². The molecule has 1 aromatic heterocycles. The Morgan fingerprint density at radius 1 is 1.04 bits per heavy atom. The Kier molecular flexibility index (Phi) is 6.21. The number of halogens is 3. The van der Waals surface area contributed by atoms with Crippen LogP contribution < -0.4 is 14.8 Å². The van der Waals surface area contributed by atoms with E-state index in [0.29, 0.717) is 35.7 Å². The second-order valence-corrected chi connectivity index (χ2v) is 6.95. The van der Waals surface area contributed by atoms with Crippen molar-refractivity contribution in [2.75, 3.05) is 21.3 Å². The van der Waals surface area contributed by atoms with Crippen LogP contribution in [0.15, 0.2) is 47.5 Å². The first-order valence-corrected chi connectivity index (χ1v) is 9.16. The number of nitrogens with zero attached hydrogens (tertiary/aromatic N) is 1. The van der Waals surface area contributed by atoms with Crippen molar-refractivity contribution in [3.8, 4) is 22.8 Å². The van der Waals surface area contributed by atoms with Crippen molar-refractivity contribution in [1.29, 1.82) is 0 Å². The Balaban J connectivity index is 2.19. The highest BCUT2D eigenvalue weighted by Gasteiger charge is 2.25. The third kappa shape index (κ3) is 3.98. The van der Waals surface area contributed by atoms with Gasteiger partial charge < -0.3 is 14.8 Å². The molecule has 0 amide bonds. The molecule has 0 saturated carbocycles. The molecule has 0 bridgehead atoms. The number of nitrogens with one attached hydrogen (secondary N) is 1. The van der Waals surface area contributed by atoms with Gasteiger partial charge in [-0.2, -0.15) is 0 Å². The lowest BCUT2D eigenvalue weighted by molar-refractivity contribution is 0.410. The molecule has 1 N–H and O–H groups in total. The first kappa shape index (κ1) is 20.2. The van der Waals surface area contributed by atoms with E-state index in [1.807, 2.05) is 12.1 Å². The van der Waals surface area contributed by atoms with Crippen molar-refractivity contribution in [3.05, 3.63) is 65.6 Å². The molecule has 2 aromatic carbocycles. The molecule has 28 heavy (non-hydrogen) atoms. The number of aromatic nitrogens is 1. The smallest absolute Gasteiger partial charge is 0.150 e. The van der Waals surface area contributed by atoms with Crippen molar-refractivity contribution in [1.82, 2.24) is 9.29 Å². The maximum Gasteiger partial charge on any atom is 0.150 e. The average molecular weight is 408 g/mol. The lowest BCUT2D eigenvalue weighted by atomic mass is 10.1. The maximum atomic E-state index is 14.6. The molecule has 0 atom stereocenters. The topological polar surface area (TPSA) is 35.4 Å². The average Bonchev–Trinajstić information content (AvgIpc) is 2.98. The van der Waals surface area contributed by atoms with Gasteiger partial charge in [0.2, 0.25) is 0 Å². The monoisotopic (exact) mass is 408 g/mol. The van der Waals surface area contributed by atoms with Crippen LogP contribution in [0.4, 0.5) is 13.2 Å². The molecule has 1 heterocycles. The molecule has 4 nitrogen and oxygen atoms in total. The summed E-state index contributed by atoms with van der Waals surface area (Å²) in [6.07, 6.45) is 1.73. The molecule has 8 heteroatoms. The van der Waals surface area contributed by atoms with E-state index in [0.717, 1.165) is 4.90 Å². The van der Waals surface area contributed by atoms with Crippen molar-refractivity contribution in [2.45, 2.75) is 11.4 Å². The minimum atomic E-state index is -1.00. The summed E-state index contributed by atoms with van der Waals surface area (Å²) in [4.78, 5) is 0.789. The van der Waals surface area contributed by atoms with E-state index in [9.17, 15) is 13.2 Å². The molecular formula is C20H19F3N2O2S. The van der Waals surface area contributed by atoms with Gasteiger partial charge >= 0.3 is 0 Å². The minimum absolute atomic E-state index is 0.176. The molecule has 0 fully saturated rings. The number of hydrogen-bond donors (Lipinski definition) is 1. The van der Waals surface area contributed by atoms with Crippen LogP contribution in [0, 0.1) is 17.5 Å². The molecule has 0 unspecified atom stereocenters. The zero-order valence-electron chi connectivity index (χ0n) is 15.6. The summed E-state index contributed by atoms with van der Waals surface area (Å²) in [6.45, 7) is 0.423. The Bertz CT molecular complexity index is 969. The highest BCUT2D eigenvalue weighted by atomic mass is 32.2. The zero-order valence-corrected chi connectivity index (χ0v) is 16.4. The molecule has 0 spiro atoms. The molecule has 3 aromatic rings. The largest absolute Gasteiger partial charge is 0.497 e. The van der Waals surface area contributed by atoms with E-state index >= 15 is 0 Å². The van der Waals surface area contributed by atoms with E-state index in [4.69, 9.17) is 9.47 Å². The minimum Gasteiger partial charge on any atom is -0.497 e. The second-order valence-electron chi connectivity index (χ2n) is 5.91. The number of hydrogen-bond acceptors (Lipinski definition) is 4. The van der Waals surface area contributed by atoms with Gasteiger partial charge in [-0.1, -0.05) is 6.07 Å². The number of rotatable bonds is 7. The Labute approximate surface area is 165 Å². The van der Waals surface area contributed by atoms with Gasteiger partial charge in [0.25, 0.3) is 0 Å². The van der Waals surface area contributed by atoms with Gasteiger partial charge in [0.15, 0.2) is 0 Å². The fourth-order valence-electron chi connectivity index (χ4n) is 2.90. The lowest BCUT2D eigenvalue weighted by Gasteiger charge is -2.13. The molecular weight excluding hydrogens is 389 g/mol. The van der Waals surface area contributed by atoms with Gasteiger partial charge in [0, 0.05) is 35.3 Å². The van der Waals surface area contributed by atoms with Crippen molar-refractivity contribution in [3.63, 3.8) is 0 Å². The fourth-order valence-corrected chi connectivity index (χ4v) is 3.88. The van der Waals surface area contributed by atoms with Gasteiger partial charge in [0.1, 0.15) is 34.6 Å². The maximum absolute atomic E-state index is 14.6. The Hall–Kier alpha value is -2.58. The standard InChI is InChI=1S/C20H19F3N2O2S/c1-24-10-12-11-25(28-15-6-4-5-14(9-15)26-2)19(20(12)27-3)18-16(22)7-13(21)8-17(18)23/h4-9,11,24H,10H2,1-3H3. The summed E-state index contributed by atoms with van der Waals surface area (Å²) in [7, 11) is 4.74. The van der Waals surface area contributed by atoms with Crippen molar-refractivity contribution in [2.24, 2.45) is 0 Å². The summed E-state index contributed by atoms with van der Waals surface area (Å²) in [5.74, 6) is -2.02. The lowest BCUT2D eigenvalue weighted by Crippen LogP contribution is -2.05. The molecule has 0 aliphatic rings. The first-order chi connectivity index (χ1) is 13.5. The highest BCUT2D eigenvalue weighted by Crippen LogP contribution is 2.42. The first-order valence-electron chi connectivity index (χ1n) is 8.38. The zero-order chi connectivity index (χ0) is 20.3. The van der Waals surface area contributed by atoms with Crippen LogP contribution in [0.2, 0.25) is 0 Å². The van der Waals surface area contributed by atoms with E-state index in [1.54, 1.807) is 36.5 Å². The SMILES string of the molecule is CNCc1cn(Sc2cccc(OC)c2)c(-c2c(F)cc(F)cc2F)c1OC. The van der Waals surface area contributed by atoms with Crippen LogP contribution in [-0.2, 0) is 6.54 Å². The molecule has 0 saturated heterocycles. The molecule has 0 aliphatic heterocycles. The molecule has 0 aliphatic carbocycles. The van der Waals surface area contributed by atoms with E-state index in [1.165, 1.54) is 19.1 Å². The number of benzene rings is 2. The predicted molar refractivity (Wildman–Crippen MR) is 103 cm³/mol. The molecule has 3 rings (SSSR count). The predicted octanol–water partition coefficient (Wildman–Crippen LogP) is 4.86. The van der Waals surface area contributed by atoms with Gasteiger partial charge in [0.05, 0.1) is 19.8 Å². The van der Waals surface area contributed by atoms with Crippen LogP contribution >= 0.6 is 11.9 Å². The highest BCUT2D eigenvalue weighted by molar-refractivity contribution is 7.98. The van der Waals surface area contributed by atoms with Gasteiger partial charge in [-0.3, -0.25) is 3.97 Å². The van der Waals surface area contributed by atoms with Crippen LogP contribution in [0.3, 0.4) is 0 Å². The molecule has 0 radical (unpaired) electrons. The van der Waals surface area contributed by atoms with E-state index in [-0.39, 0.29) is 11.3 Å². The normalized spacial score (nSPS) is 10.9. The fraction of sp³-hybridized carbons (Fsp3) is 0.200. The Morgan fingerprint density at radius 2 is 1.75 bits per heavy atom. The summed E-state index contributed by atoms with van der Waals surface area (Å²) in [6, 6.07) is 8.57. The number of methoxy groups -OCH3 is 2. The second kappa shape index (κ2) is 8.62. The number of ether oxygens (including phenoxy) is 2. The third-order valence-corrected chi connectivity index (χ3v) is 5.01. The van der Waals surface area contributed by atoms with Crippen LogP contribution in [0.5, 0.6) is 11.5 Å². The van der Waals surface area contributed by atoms with Crippen LogP contribution in [0.25, 0.3) is 11.3 Å². The van der Waals surface area contributed by atoms with E-state index in [2.05, 4.69) is 5.32 Å². The summed E-state index contributed by atoms with van der Waals surface area (Å²) in [5, 5.41) is 3.00. The third-order valence-electron chi connectivity index (χ3n) is 4.06.